The summed E-state index contributed by atoms with van der Waals surface area (Å²) in [6, 6.07) is 3.63. The lowest BCUT2D eigenvalue weighted by Crippen LogP contribution is -2.31. The monoisotopic (exact) mass is 483 g/mol. The third kappa shape index (κ3) is 5.04. The van der Waals surface area contributed by atoms with Crippen LogP contribution in [0.4, 0.5) is 20.3 Å². The fourth-order valence-electron chi connectivity index (χ4n) is 2.89. The number of carbonyl (C=O) groups is 1. The number of nitrogens with two attached hydrogens (primary N) is 1. The topological polar surface area (TPSA) is 112 Å². The average molecular weight is 484 g/mol. The standard InChI is InChI=1S/C20H17Cl2F2N5O3/c1-32-3-2-10-4-12(8-26-7-10)28-19(30)15-18(25)27-9-29(20(15)31)16-13(21)5-11(17(23)24)6-14(16)22/h4-9,17H,2-3,25H2,1H3,(H,28,30). The van der Waals surface area contributed by atoms with Gasteiger partial charge in [-0.3, -0.25) is 19.1 Å². The minimum Gasteiger partial charge on any atom is -0.384 e. The molecule has 0 bridgehead atoms. The van der Waals surface area contributed by atoms with Gasteiger partial charge in [0.1, 0.15) is 17.7 Å². The van der Waals surface area contributed by atoms with Gasteiger partial charge in [0.25, 0.3) is 17.9 Å². The number of nitrogen functional groups attached to an aromatic ring is 1. The fraction of sp³-hybridized carbons (Fsp3) is 0.200. The molecular formula is C20H17Cl2F2N5O3. The summed E-state index contributed by atoms with van der Waals surface area (Å²) >= 11 is 12.2. The van der Waals surface area contributed by atoms with Crippen LogP contribution in [0.15, 0.2) is 41.7 Å². The Morgan fingerprint density at radius 1 is 1.25 bits per heavy atom. The number of alkyl halides is 2. The Bertz CT molecular complexity index is 1200. The maximum absolute atomic E-state index is 13.0. The molecule has 32 heavy (non-hydrogen) atoms. The van der Waals surface area contributed by atoms with E-state index in [0.29, 0.717) is 18.7 Å². The molecule has 0 radical (unpaired) electrons. The molecule has 8 nitrogen and oxygen atoms in total. The highest BCUT2D eigenvalue weighted by Crippen LogP contribution is 2.33. The van der Waals surface area contributed by atoms with Crippen molar-refractivity contribution in [1.82, 2.24) is 14.5 Å². The summed E-state index contributed by atoms with van der Waals surface area (Å²) < 4.78 is 31.9. The fourth-order valence-corrected chi connectivity index (χ4v) is 3.57. The van der Waals surface area contributed by atoms with Crippen molar-refractivity contribution in [3.05, 3.63) is 74.0 Å². The van der Waals surface area contributed by atoms with E-state index in [9.17, 15) is 18.4 Å². The van der Waals surface area contributed by atoms with Crippen molar-refractivity contribution in [3.63, 3.8) is 0 Å². The average Bonchev–Trinajstić information content (AvgIpc) is 2.73. The Balaban J connectivity index is 1.99. The largest absolute Gasteiger partial charge is 0.384 e. The summed E-state index contributed by atoms with van der Waals surface area (Å²) in [6.45, 7) is 0.464. The molecule has 3 N–H and O–H groups in total. The number of aromatic nitrogens is 3. The van der Waals surface area contributed by atoms with Gasteiger partial charge in [-0.2, -0.15) is 0 Å². The molecule has 0 unspecified atom stereocenters. The zero-order chi connectivity index (χ0) is 23.4. The van der Waals surface area contributed by atoms with Gasteiger partial charge < -0.3 is 15.8 Å². The van der Waals surface area contributed by atoms with E-state index in [4.69, 9.17) is 33.7 Å². The van der Waals surface area contributed by atoms with Crippen molar-refractivity contribution in [3.8, 4) is 5.69 Å². The highest BCUT2D eigenvalue weighted by atomic mass is 35.5. The van der Waals surface area contributed by atoms with Gasteiger partial charge in [-0.25, -0.2) is 13.8 Å². The lowest BCUT2D eigenvalue weighted by molar-refractivity contribution is 0.102. The van der Waals surface area contributed by atoms with E-state index in [2.05, 4.69) is 15.3 Å². The van der Waals surface area contributed by atoms with Gasteiger partial charge >= 0.3 is 0 Å². The maximum atomic E-state index is 13.0. The number of rotatable bonds is 7. The lowest BCUT2D eigenvalue weighted by Gasteiger charge is -2.14. The van der Waals surface area contributed by atoms with E-state index in [1.165, 1.54) is 6.20 Å². The van der Waals surface area contributed by atoms with Crippen LogP contribution in [-0.4, -0.2) is 34.2 Å². The molecule has 0 saturated heterocycles. The number of halogens is 4. The minimum absolute atomic E-state index is 0.104. The van der Waals surface area contributed by atoms with Crippen LogP contribution in [0, 0.1) is 0 Å². The van der Waals surface area contributed by atoms with Crippen molar-refractivity contribution >= 4 is 40.6 Å². The molecule has 168 valence electrons. The summed E-state index contributed by atoms with van der Waals surface area (Å²) in [6.07, 6.45) is 1.79. The van der Waals surface area contributed by atoms with Crippen molar-refractivity contribution < 1.29 is 18.3 Å². The predicted molar refractivity (Wildman–Crippen MR) is 117 cm³/mol. The molecule has 12 heteroatoms. The minimum atomic E-state index is -2.81. The van der Waals surface area contributed by atoms with E-state index in [1.54, 1.807) is 19.4 Å². The highest BCUT2D eigenvalue weighted by Gasteiger charge is 2.22. The van der Waals surface area contributed by atoms with Gasteiger partial charge in [0.05, 0.1) is 34.2 Å². The van der Waals surface area contributed by atoms with Crippen LogP contribution in [0.1, 0.15) is 27.9 Å². The zero-order valence-electron chi connectivity index (χ0n) is 16.6. The molecule has 0 atom stereocenters. The SMILES string of the molecule is COCCc1cncc(NC(=O)c2c(N)ncn(-c3c(Cl)cc(C(F)F)cc3Cl)c2=O)c1. The summed E-state index contributed by atoms with van der Waals surface area (Å²) in [7, 11) is 1.56. The van der Waals surface area contributed by atoms with Gasteiger partial charge in [0.2, 0.25) is 0 Å². The number of methoxy groups -OCH3 is 1. The predicted octanol–water partition coefficient (Wildman–Crippen LogP) is 3.90. The number of pyridine rings is 1. The van der Waals surface area contributed by atoms with Crippen molar-refractivity contribution in [2.24, 2.45) is 0 Å². The molecule has 0 spiro atoms. The van der Waals surface area contributed by atoms with Crippen molar-refractivity contribution in [2.75, 3.05) is 24.8 Å². The van der Waals surface area contributed by atoms with Crippen LogP contribution in [0.2, 0.25) is 10.0 Å². The molecule has 1 amide bonds. The summed E-state index contributed by atoms with van der Waals surface area (Å²) in [5, 5.41) is 2.11. The number of amides is 1. The van der Waals surface area contributed by atoms with Crippen LogP contribution < -0.4 is 16.6 Å². The Morgan fingerprint density at radius 2 is 1.94 bits per heavy atom. The van der Waals surface area contributed by atoms with Crippen LogP contribution in [0.3, 0.4) is 0 Å². The normalized spacial score (nSPS) is 11.1. The van der Waals surface area contributed by atoms with Crippen LogP contribution >= 0.6 is 23.2 Å². The lowest BCUT2D eigenvalue weighted by atomic mass is 10.2. The molecule has 0 aliphatic heterocycles. The van der Waals surface area contributed by atoms with Gasteiger partial charge in [0.15, 0.2) is 0 Å². The van der Waals surface area contributed by atoms with E-state index in [0.717, 1.165) is 28.6 Å². The molecule has 1 aromatic carbocycles. The maximum Gasteiger partial charge on any atom is 0.273 e. The third-order valence-corrected chi connectivity index (χ3v) is 4.98. The first-order valence-electron chi connectivity index (χ1n) is 9.11. The number of nitrogens with zero attached hydrogens (tertiary/aromatic N) is 3. The first-order chi connectivity index (χ1) is 15.2. The van der Waals surface area contributed by atoms with Gasteiger partial charge in [0, 0.05) is 18.9 Å². The summed E-state index contributed by atoms with van der Waals surface area (Å²) in [5.41, 5.74) is 5.03. The molecule has 3 aromatic rings. The van der Waals surface area contributed by atoms with Gasteiger partial charge in [-0.15, -0.1) is 0 Å². The second kappa shape index (κ2) is 10.0. The number of hydrogen-bond donors (Lipinski definition) is 2. The Labute approximate surface area is 191 Å². The molecular weight excluding hydrogens is 467 g/mol. The van der Waals surface area contributed by atoms with Crippen molar-refractivity contribution in [1.29, 1.82) is 0 Å². The van der Waals surface area contributed by atoms with E-state index < -0.39 is 29.0 Å². The van der Waals surface area contributed by atoms with Crippen LogP contribution in [-0.2, 0) is 11.2 Å². The highest BCUT2D eigenvalue weighted by molar-refractivity contribution is 6.37. The number of nitrogens with one attached hydrogen (secondary N) is 1. The number of carbonyl (C=O) groups excluding carboxylic acids is 1. The quantitative estimate of drug-likeness (QED) is 0.526. The Morgan fingerprint density at radius 3 is 2.56 bits per heavy atom. The van der Waals surface area contributed by atoms with Gasteiger partial charge in [-0.05, 0) is 30.2 Å². The Kier molecular flexibility index (Phi) is 7.39. The second-order valence-corrected chi connectivity index (χ2v) is 7.41. The first kappa shape index (κ1) is 23.6. The zero-order valence-corrected chi connectivity index (χ0v) is 18.1. The molecule has 2 aromatic heterocycles. The summed E-state index contributed by atoms with van der Waals surface area (Å²) in [5.74, 6) is -1.17. The smallest absolute Gasteiger partial charge is 0.273 e. The number of ether oxygens (including phenoxy) is 1. The number of benzene rings is 1. The van der Waals surface area contributed by atoms with E-state index in [1.807, 2.05) is 0 Å². The molecule has 2 heterocycles. The van der Waals surface area contributed by atoms with E-state index in [-0.39, 0.29) is 21.6 Å². The molecule has 0 aliphatic rings. The third-order valence-electron chi connectivity index (χ3n) is 4.41. The molecule has 0 aliphatic carbocycles. The molecule has 0 saturated carbocycles. The molecule has 0 fully saturated rings. The van der Waals surface area contributed by atoms with Crippen LogP contribution in [0.25, 0.3) is 5.69 Å². The summed E-state index contributed by atoms with van der Waals surface area (Å²) in [4.78, 5) is 33.8. The van der Waals surface area contributed by atoms with Gasteiger partial charge in [-0.1, -0.05) is 23.2 Å². The second-order valence-electron chi connectivity index (χ2n) is 6.59. The first-order valence-corrected chi connectivity index (χ1v) is 9.87. The van der Waals surface area contributed by atoms with Crippen molar-refractivity contribution in [2.45, 2.75) is 12.8 Å². The van der Waals surface area contributed by atoms with Crippen LogP contribution in [0.5, 0.6) is 0 Å². The van der Waals surface area contributed by atoms with E-state index >= 15 is 0 Å². The number of anilines is 2. The number of hydrogen-bond acceptors (Lipinski definition) is 6. The molecule has 3 rings (SSSR count). The Hall–Kier alpha value is -3.08.